The fourth-order valence-corrected chi connectivity index (χ4v) is 1.35. The van der Waals surface area contributed by atoms with E-state index in [4.69, 9.17) is 10.2 Å². The average molecular weight is 258 g/mol. The molecule has 0 unspecified atom stereocenters. The van der Waals surface area contributed by atoms with Gasteiger partial charge in [-0.15, -0.1) is 0 Å². The van der Waals surface area contributed by atoms with E-state index >= 15 is 0 Å². The Hall–Kier alpha value is -1.39. The number of carbonyl (C=O) groups excluding carboxylic acids is 1. The summed E-state index contributed by atoms with van der Waals surface area (Å²) in [6.07, 6.45) is -0.771. The third kappa shape index (κ3) is 4.13. The number of ketones is 1. The first-order valence-corrected chi connectivity index (χ1v) is 5.87. The maximum atomic E-state index is 12.2. The van der Waals surface area contributed by atoms with Gasteiger partial charge in [-0.05, 0) is 5.41 Å². The molecule has 0 rings (SSSR count). The lowest BCUT2D eigenvalue weighted by Crippen LogP contribution is -2.39. The smallest absolute Gasteiger partial charge is 0.307 e. The van der Waals surface area contributed by atoms with Crippen LogP contribution in [0.15, 0.2) is 0 Å². The van der Waals surface area contributed by atoms with Crippen molar-refractivity contribution in [1.29, 1.82) is 0 Å². The molecule has 0 radical (unpaired) electrons. The Balaban J connectivity index is 4.91. The number of hydrogen-bond donors (Lipinski definition) is 2. The maximum absolute atomic E-state index is 12.2. The van der Waals surface area contributed by atoms with Gasteiger partial charge in [0.05, 0.1) is 12.3 Å². The van der Waals surface area contributed by atoms with E-state index in [0.29, 0.717) is 0 Å². The topological polar surface area (TPSA) is 91.7 Å². The van der Waals surface area contributed by atoms with Crippen LogP contribution < -0.4 is 0 Å². The zero-order valence-corrected chi connectivity index (χ0v) is 11.6. The SMILES string of the molecule is CC(C)(C)C(C)(C)C(=O)C[C@H](CC(=O)O)C(=O)O. The Labute approximate surface area is 107 Å². The van der Waals surface area contributed by atoms with Crippen molar-refractivity contribution in [2.75, 3.05) is 0 Å². The molecule has 0 amide bonds. The normalized spacial score (nSPS) is 14.1. The van der Waals surface area contributed by atoms with E-state index in [1.54, 1.807) is 13.8 Å². The van der Waals surface area contributed by atoms with Crippen LogP contribution in [0, 0.1) is 16.7 Å². The lowest BCUT2D eigenvalue weighted by atomic mass is 9.65. The summed E-state index contributed by atoms with van der Waals surface area (Å²) >= 11 is 0. The van der Waals surface area contributed by atoms with Crippen molar-refractivity contribution in [3.05, 3.63) is 0 Å². The molecule has 18 heavy (non-hydrogen) atoms. The molecule has 1 atom stereocenters. The Morgan fingerprint density at radius 3 is 1.67 bits per heavy atom. The Morgan fingerprint density at radius 2 is 1.39 bits per heavy atom. The van der Waals surface area contributed by atoms with Gasteiger partial charge in [-0.1, -0.05) is 34.6 Å². The van der Waals surface area contributed by atoms with Crippen LogP contribution in [0.1, 0.15) is 47.5 Å². The summed E-state index contributed by atoms with van der Waals surface area (Å²) in [4.78, 5) is 33.7. The van der Waals surface area contributed by atoms with Crippen LogP contribution in [0.4, 0.5) is 0 Å². The van der Waals surface area contributed by atoms with Gasteiger partial charge in [0.15, 0.2) is 0 Å². The van der Waals surface area contributed by atoms with Crippen molar-refractivity contribution in [2.24, 2.45) is 16.7 Å². The van der Waals surface area contributed by atoms with Gasteiger partial charge in [0.2, 0.25) is 0 Å². The number of aliphatic carboxylic acids is 2. The quantitative estimate of drug-likeness (QED) is 0.762. The lowest BCUT2D eigenvalue weighted by molar-refractivity contribution is -0.151. The highest BCUT2D eigenvalue weighted by molar-refractivity contribution is 5.89. The predicted octanol–water partition coefficient (Wildman–Crippen LogP) is 2.19. The molecule has 0 spiro atoms. The van der Waals surface area contributed by atoms with Crippen molar-refractivity contribution in [1.82, 2.24) is 0 Å². The number of Topliss-reactive ketones (excluding diaryl/α,β-unsaturated/α-hetero) is 1. The fraction of sp³-hybridized carbons (Fsp3) is 0.769. The van der Waals surface area contributed by atoms with Crippen LogP contribution in [0.2, 0.25) is 0 Å². The minimum atomic E-state index is -1.24. The van der Waals surface area contributed by atoms with Crippen molar-refractivity contribution in [3.8, 4) is 0 Å². The van der Waals surface area contributed by atoms with E-state index in [1.165, 1.54) is 0 Å². The third-order valence-electron chi connectivity index (χ3n) is 3.77. The highest BCUT2D eigenvalue weighted by Gasteiger charge is 2.41. The van der Waals surface area contributed by atoms with Crippen molar-refractivity contribution >= 4 is 17.7 Å². The molecular formula is C13H22O5. The second kappa shape index (κ2) is 5.50. The van der Waals surface area contributed by atoms with Gasteiger partial charge >= 0.3 is 11.9 Å². The number of hydrogen-bond acceptors (Lipinski definition) is 3. The summed E-state index contributed by atoms with van der Waals surface area (Å²) in [5, 5.41) is 17.6. The second-order valence-corrected chi connectivity index (χ2v) is 6.14. The van der Waals surface area contributed by atoms with E-state index in [2.05, 4.69) is 0 Å². The molecule has 0 aliphatic carbocycles. The summed E-state index contributed by atoms with van der Waals surface area (Å²) in [6, 6.07) is 0. The molecule has 0 aliphatic rings. The maximum Gasteiger partial charge on any atom is 0.307 e. The van der Waals surface area contributed by atoms with Gasteiger partial charge in [0.25, 0.3) is 0 Å². The van der Waals surface area contributed by atoms with Crippen LogP contribution in [-0.4, -0.2) is 27.9 Å². The molecule has 0 heterocycles. The zero-order valence-electron chi connectivity index (χ0n) is 11.6. The van der Waals surface area contributed by atoms with Crippen molar-refractivity contribution in [2.45, 2.75) is 47.5 Å². The summed E-state index contributed by atoms with van der Waals surface area (Å²) in [5.41, 5.74) is -1.00. The summed E-state index contributed by atoms with van der Waals surface area (Å²) < 4.78 is 0. The standard InChI is InChI=1S/C13H22O5/c1-12(2,3)13(4,5)9(14)6-8(11(17)18)7-10(15)16/h8H,6-7H2,1-5H3,(H,15,16)(H,17,18)/t8-/m1/s1. The molecule has 0 bridgehead atoms. The highest BCUT2D eigenvalue weighted by atomic mass is 16.4. The average Bonchev–Trinajstić information content (AvgIpc) is 2.13. The van der Waals surface area contributed by atoms with E-state index in [0.717, 1.165) is 0 Å². The number of carboxylic acids is 2. The predicted molar refractivity (Wildman–Crippen MR) is 66.2 cm³/mol. The van der Waals surface area contributed by atoms with Gasteiger partial charge in [-0.25, -0.2) is 0 Å². The van der Waals surface area contributed by atoms with Crippen LogP contribution >= 0.6 is 0 Å². The van der Waals surface area contributed by atoms with E-state index < -0.39 is 29.7 Å². The first kappa shape index (κ1) is 16.6. The summed E-state index contributed by atoms with van der Waals surface area (Å²) in [7, 11) is 0. The summed E-state index contributed by atoms with van der Waals surface area (Å²) in [5.74, 6) is -3.82. The van der Waals surface area contributed by atoms with E-state index in [-0.39, 0.29) is 17.6 Å². The molecule has 5 heteroatoms. The minimum Gasteiger partial charge on any atom is -0.481 e. The third-order valence-corrected chi connectivity index (χ3v) is 3.77. The lowest BCUT2D eigenvalue weighted by Gasteiger charge is -2.37. The largest absolute Gasteiger partial charge is 0.481 e. The molecule has 5 nitrogen and oxygen atoms in total. The van der Waals surface area contributed by atoms with E-state index in [9.17, 15) is 14.4 Å². The molecule has 0 saturated heterocycles. The van der Waals surface area contributed by atoms with Gasteiger partial charge in [0, 0.05) is 11.8 Å². The van der Waals surface area contributed by atoms with Crippen LogP contribution in [-0.2, 0) is 14.4 Å². The molecule has 0 aromatic rings. The molecule has 104 valence electrons. The second-order valence-electron chi connectivity index (χ2n) is 6.14. The number of carbonyl (C=O) groups is 3. The molecule has 2 N–H and O–H groups in total. The first-order valence-electron chi connectivity index (χ1n) is 5.87. The zero-order chi connectivity index (χ0) is 14.7. The first-order chi connectivity index (χ1) is 7.89. The van der Waals surface area contributed by atoms with Crippen molar-refractivity contribution < 1.29 is 24.6 Å². The van der Waals surface area contributed by atoms with E-state index in [1.807, 2.05) is 20.8 Å². The Morgan fingerprint density at radius 1 is 0.944 bits per heavy atom. The fourth-order valence-electron chi connectivity index (χ4n) is 1.35. The highest BCUT2D eigenvalue weighted by Crippen LogP contribution is 2.40. The van der Waals surface area contributed by atoms with Gasteiger partial charge in [-0.3, -0.25) is 14.4 Å². The molecule has 0 aromatic heterocycles. The van der Waals surface area contributed by atoms with Crippen LogP contribution in [0.5, 0.6) is 0 Å². The Kier molecular flexibility index (Phi) is 5.08. The van der Waals surface area contributed by atoms with Gasteiger partial charge < -0.3 is 10.2 Å². The monoisotopic (exact) mass is 258 g/mol. The molecule has 0 fully saturated rings. The molecule has 0 saturated carbocycles. The van der Waals surface area contributed by atoms with Gasteiger partial charge in [0.1, 0.15) is 5.78 Å². The van der Waals surface area contributed by atoms with Gasteiger partial charge in [-0.2, -0.15) is 0 Å². The van der Waals surface area contributed by atoms with Crippen molar-refractivity contribution in [3.63, 3.8) is 0 Å². The molecule has 0 aromatic carbocycles. The minimum absolute atomic E-state index is 0.219. The molecule has 0 aliphatic heterocycles. The number of carboxylic acid groups (broad SMARTS) is 2. The summed E-state index contributed by atoms with van der Waals surface area (Å²) in [6.45, 7) is 9.22. The van der Waals surface area contributed by atoms with Crippen LogP contribution in [0.25, 0.3) is 0 Å². The Bertz CT molecular complexity index is 349. The number of rotatable bonds is 6. The molecular weight excluding hydrogens is 236 g/mol. The van der Waals surface area contributed by atoms with Crippen LogP contribution in [0.3, 0.4) is 0 Å².